The largest absolute Gasteiger partial charge is 0.379 e. The molecule has 1 aliphatic rings. The topological polar surface area (TPSA) is 123 Å². The standard InChI is InChI=1S/C22H25BrN6O5S/c1-2-17-3-5-19(29(30)31)13-21(17)35(32,33)28(8-7-26-9-11-34-12-10-26)25-15-20-14-24-22-6-4-18(23)16-27(20)22/h3-6,13-16H,2,7-12H2,1H3. The second-order valence-electron chi connectivity index (χ2n) is 7.91. The van der Waals surface area contributed by atoms with Gasteiger partial charge in [0.15, 0.2) is 0 Å². The van der Waals surface area contributed by atoms with Crippen LogP contribution in [0.15, 0.2) is 57.2 Å². The Morgan fingerprint density at radius 3 is 2.77 bits per heavy atom. The first-order valence-electron chi connectivity index (χ1n) is 11.1. The van der Waals surface area contributed by atoms with E-state index in [1.54, 1.807) is 17.5 Å². The smallest absolute Gasteiger partial charge is 0.279 e. The van der Waals surface area contributed by atoms with Gasteiger partial charge in [-0.3, -0.25) is 19.4 Å². The average molecular weight is 565 g/mol. The normalized spacial score (nSPS) is 15.1. The molecule has 0 radical (unpaired) electrons. The van der Waals surface area contributed by atoms with E-state index in [4.69, 9.17) is 4.74 Å². The lowest BCUT2D eigenvalue weighted by Crippen LogP contribution is -2.41. The molecule has 3 aromatic rings. The number of hydrogen-bond acceptors (Lipinski definition) is 8. The van der Waals surface area contributed by atoms with Gasteiger partial charge in [0.1, 0.15) is 5.65 Å². The SMILES string of the molecule is CCc1ccc([N+](=O)[O-])cc1S(=O)(=O)N(CCN1CCOCC1)N=Cc1cnc2ccc(Br)cn12. The summed E-state index contributed by atoms with van der Waals surface area (Å²) < 4.78 is 36.5. The maximum atomic E-state index is 13.8. The van der Waals surface area contributed by atoms with Crippen molar-refractivity contribution in [2.75, 3.05) is 39.4 Å². The fraction of sp³-hybridized carbons (Fsp3) is 0.364. The number of sulfonamides is 1. The molecule has 2 aromatic heterocycles. The van der Waals surface area contributed by atoms with Crippen LogP contribution in [0.5, 0.6) is 0 Å². The molecule has 0 spiro atoms. The van der Waals surface area contributed by atoms with E-state index in [-0.39, 0.29) is 17.1 Å². The molecule has 0 N–H and O–H groups in total. The van der Waals surface area contributed by atoms with Gasteiger partial charge in [-0.2, -0.15) is 17.9 Å². The molecule has 0 atom stereocenters. The molecule has 35 heavy (non-hydrogen) atoms. The van der Waals surface area contributed by atoms with E-state index >= 15 is 0 Å². The van der Waals surface area contributed by atoms with E-state index in [9.17, 15) is 18.5 Å². The van der Waals surface area contributed by atoms with Crippen LogP contribution in [0, 0.1) is 10.1 Å². The van der Waals surface area contributed by atoms with E-state index in [0.717, 1.165) is 15.0 Å². The minimum absolute atomic E-state index is 0.0745. The Bertz CT molecular complexity index is 1350. The zero-order chi connectivity index (χ0) is 25.0. The minimum atomic E-state index is -4.18. The number of benzene rings is 1. The summed E-state index contributed by atoms with van der Waals surface area (Å²) in [6.07, 6.45) is 5.25. The van der Waals surface area contributed by atoms with Gasteiger partial charge in [-0.25, -0.2) is 4.98 Å². The third-order valence-corrected chi connectivity index (χ3v) is 7.96. The Balaban J connectivity index is 1.71. The molecular weight excluding hydrogens is 540 g/mol. The number of nitro groups is 1. The van der Waals surface area contributed by atoms with Gasteiger partial charge in [0.05, 0.1) is 47.7 Å². The van der Waals surface area contributed by atoms with Gasteiger partial charge < -0.3 is 4.74 Å². The zero-order valence-electron chi connectivity index (χ0n) is 19.1. The number of hydrazone groups is 1. The maximum Gasteiger partial charge on any atom is 0.279 e. The van der Waals surface area contributed by atoms with E-state index in [1.807, 2.05) is 18.3 Å². The second kappa shape index (κ2) is 10.8. The summed E-state index contributed by atoms with van der Waals surface area (Å²) in [6.45, 7) is 4.86. The van der Waals surface area contributed by atoms with E-state index in [2.05, 4.69) is 30.9 Å². The Hall–Kier alpha value is -2.87. The van der Waals surface area contributed by atoms with Crippen molar-refractivity contribution in [1.82, 2.24) is 18.7 Å². The molecule has 4 rings (SSSR count). The summed E-state index contributed by atoms with van der Waals surface area (Å²) in [6, 6.07) is 7.59. The number of halogens is 1. The number of nitro benzene ring substituents is 1. The predicted octanol–water partition coefficient (Wildman–Crippen LogP) is 2.92. The number of nitrogens with zero attached hydrogens (tertiary/aromatic N) is 6. The Kier molecular flexibility index (Phi) is 7.79. The average Bonchev–Trinajstić information content (AvgIpc) is 3.25. The third kappa shape index (κ3) is 5.69. The van der Waals surface area contributed by atoms with Crippen LogP contribution < -0.4 is 0 Å². The van der Waals surface area contributed by atoms with Gasteiger partial charge in [-0.05, 0) is 40.0 Å². The highest BCUT2D eigenvalue weighted by atomic mass is 79.9. The van der Waals surface area contributed by atoms with Gasteiger partial charge in [0.2, 0.25) is 0 Å². The number of imidazole rings is 1. The van der Waals surface area contributed by atoms with Crippen LogP contribution in [0.3, 0.4) is 0 Å². The lowest BCUT2D eigenvalue weighted by molar-refractivity contribution is -0.385. The summed E-state index contributed by atoms with van der Waals surface area (Å²) >= 11 is 3.43. The maximum absolute atomic E-state index is 13.8. The summed E-state index contributed by atoms with van der Waals surface area (Å²) in [7, 11) is -4.18. The van der Waals surface area contributed by atoms with Crippen LogP contribution >= 0.6 is 15.9 Å². The number of fused-ring (bicyclic) bond motifs is 1. The number of aryl methyl sites for hydroxylation is 1. The van der Waals surface area contributed by atoms with Crippen molar-refractivity contribution >= 4 is 43.5 Å². The number of hydrogen-bond donors (Lipinski definition) is 0. The Labute approximate surface area is 211 Å². The van der Waals surface area contributed by atoms with Crippen LogP contribution in [-0.4, -0.2) is 77.6 Å². The fourth-order valence-corrected chi connectivity index (χ4v) is 5.66. The number of non-ortho nitro benzene ring substituents is 1. The fourth-order valence-electron chi connectivity index (χ4n) is 3.79. The van der Waals surface area contributed by atoms with Crippen LogP contribution in [0.4, 0.5) is 5.69 Å². The quantitative estimate of drug-likeness (QED) is 0.222. The first-order valence-corrected chi connectivity index (χ1v) is 13.3. The van der Waals surface area contributed by atoms with Crippen molar-refractivity contribution in [2.24, 2.45) is 5.10 Å². The van der Waals surface area contributed by atoms with Gasteiger partial charge in [-0.1, -0.05) is 13.0 Å². The van der Waals surface area contributed by atoms with Gasteiger partial charge in [-0.15, -0.1) is 0 Å². The first kappa shape index (κ1) is 25.2. The van der Waals surface area contributed by atoms with Crippen molar-refractivity contribution in [3.63, 3.8) is 0 Å². The van der Waals surface area contributed by atoms with Gasteiger partial charge in [0.25, 0.3) is 15.7 Å². The highest BCUT2D eigenvalue weighted by Crippen LogP contribution is 2.26. The molecular formula is C22H25BrN6O5S. The van der Waals surface area contributed by atoms with Crippen LogP contribution in [0.2, 0.25) is 0 Å². The number of aromatic nitrogens is 2. The zero-order valence-corrected chi connectivity index (χ0v) is 21.5. The van der Waals surface area contributed by atoms with Crippen molar-refractivity contribution in [2.45, 2.75) is 18.2 Å². The summed E-state index contributed by atoms with van der Waals surface area (Å²) in [5, 5.41) is 15.7. The van der Waals surface area contributed by atoms with Gasteiger partial charge in [0, 0.05) is 42.4 Å². The summed E-state index contributed by atoms with van der Waals surface area (Å²) in [4.78, 5) is 17.1. The molecule has 0 bridgehead atoms. The van der Waals surface area contributed by atoms with E-state index in [0.29, 0.717) is 56.2 Å². The molecule has 0 aliphatic carbocycles. The Morgan fingerprint density at radius 1 is 1.29 bits per heavy atom. The first-order chi connectivity index (χ1) is 16.8. The lowest BCUT2D eigenvalue weighted by Gasteiger charge is -2.28. The number of pyridine rings is 1. The summed E-state index contributed by atoms with van der Waals surface area (Å²) in [5.74, 6) is 0. The molecule has 0 amide bonds. The molecule has 1 aromatic carbocycles. The highest BCUT2D eigenvalue weighted by molar-refractivity contribution is 9.10. The Morgan fingerprint density at radius 2 is 2.06 bits per heavy atom. The minimum Gasteiger partial charge on any atom is -0.379 e. The molecule has 186 valence electrons. The van der Waals surface area contributed by atoms with Crippen molar-refractivity contribution in [3.05, 3.63) is 68.6 Å². The highest BCUT2D eigenvalue weighted by Gasteiger charge is 2.28. The van der Waals surface area contributed by atoms with E-state index in [1.165, 1.54) is 18.3 Å². The van der Waals surface area contributed by atoms with Crippen LogP contribution in [0.1, 0.15) is 18.2 Å². The molecule has 1 fully saturated rings. The number of rotatable bonds is 9. The molecule has 1 saturated heterocycles. The monoisotopic (exact) mass is 564 g/mol. The number of morpholine rings is 1. The van der Waals surface area contributed by atoms with Crippen molar-refractivity contribution in [1.29, 1.82) is 0 Å². The third-order valence-electron chi connectivity index (χ3n) is 5.73. The molecule has 0 unspecified atom stereocenters. The molecule has 3 heterocycles. The summed E-state index contributed by atoms with van der Waals surface area (Å²) in [5.41, 5.74) is 1.47. The van der Waals surface area contributed by atoms with E-state index < -0.39 is 14.9 Å². The van der Waals surface area contributed by atoms with Gasteiger partial charge >= 0.3 is 0 Å². The van der Waals surface area contributed by atoms with Crippen LogP contribution in [0.25, 0.3) is 5.65 Å². The predicted molar refractivity (Wildman–Crippen MR) is 134 cm³/mol. The molecule has 13 heteroatoms. The number of ether oxygens (including phenoxy) is 1. The van der Waals surface area contributed by atoms with Crippen molar-refractivity contribution < 1.29 is 18.1 Å². The molecule has 0 saturated carbocycles. The second-order valence-corrected chi connectivity index (χ2v) is 10.6. The molecule has 1 aliphatic heterocycles. The molecule has 11 nitrogen and oxygen atoms in total. The van der Waals surface area contributed by atoms with Crippen molar-refractivity contribution in [3.8, 4) is 0 Å². The van der Waals surface area contributed by atoms with Crippen LogP contribution in [-0.2, 0) is 21.2 Å². The lowest BCUT2D eigenvalue weighted by atomic mass is 10.1.